The molecule has 84 valence electrons. The van der Waals surface area contributed by atoms with Gasteiger partial charge in [-0.05, 0) is 30.3 Å². The standard InChI is InChI=1S/C10H18N4S/c11-12-10(9-7-15-14-13-9)8-5-3-1-2-4-6-8/h7-8,10,12H,1-6,11H2. The Kier molecular flexibility index (Phi) is 4.05. The molecule has 1 aromatic rings. The van der Waals surface area contributed by atoms with Crippen LogP contribution >= 0.6 is 11.5 Å². The van der Waals surface area contributed by atoms with E-state index in [1.54, 1.807) is 0 Å². The molecule has 1 unspecified atom stereocenters. The number of rotatable bonds is 3. The summed E-state index contributed by atoms with van der Waals surface area (Å²) in [7, 11) is 0. The van der Waals surface area contributed by atoms with Crippen molar-refractivity contribution in [2.45, 2.75) is 44.6 Å². The second-order valence-electron chi connectivity index (χ2n) is 4.23. The van der Waals surface area contributed by atoms with Gasteiger partial charge in [0.2, 0.25) is 0 Å². The zero-order valence-corrected chi connectivity index (χ0v) is 9.67. The van der Waals surface area contributed by atoms with Gasteiger partial charge in [-0.25, -0.2) is 0 Å². The lowest BCUT2D eigenvalue weighted by atomic mass is 9.91. The van der Waals surface area contributed by atoms with Crippen LogP contribution in [0, 0.1) is 5.92 Å². The summed E-state index contributed by atoms with van der Waals surface area (Å²) >= 11 is 1.40. The third kappa shape index (κ3) is 2.74. The highest BCUT2D eigenvalue weighted by Gasteiger charge is 2.24. The van der Waals surface area contributed by atoms with Crippen LogP contribution in [0.4, 0.5) is 0 Å². The molecule has 1 heterocycles. The third-order valence-electron chi connectivity index (χ3n) is 3.25. The van der Waals surface area contributed by atoms with Crippen molar-refractivity contribution in [3.63, 3.8) is 0 Å². The van der Waals surface area contributed by atoms with E-state index in [0.29, 0.717) is 5.92 Å². The summed E-state index contributed by atoms with van der Waals surface area (Å²) in [5, 5.41) is 6.11. The largest absolute Gasteiger partial charge is 0.271 e. The number of nitrogens with two attached hydrogens (primary N) is 1. The van der Waals surface area contributed by atoms with E-state index >= 15 is 0 Å². The third-order valence-corrected chi connectivity index (χ3v) is 3.77. The fraction of sp³-hybridized carbons (Fsp3) is 0.800. The highest BCUT2D eigenvalue weighted by molar-refractivity contribution is 7.03. The van der Waals surface area contributed by atoms with Gasteiger partial charge in [0.25, 0.3) is 0 Å². The molecular weight excluding hydrogens is 208 g/mol. The first-order valence-electron chi connectivity index (χ1n) is 5.65. The Morgan fingerprint density at radius 3 is 2.60 bits per heavy atom. The molecule has 0 bridgehead atoms. The second kappa shape index (κ2) is 5.53. The molecule has 15 heavy (non-hydrogen) atoms. The van der Waals surface area contributed by atoms with Crippen molar-refractivity contribution in [1.82, 2.24) is 15.0 Å². The highest BCUT2D eigenvalue weighted by Crippen LogP contribution is 2.32. The molecule has 3 N–H and O–H groups in total. The molecule has 4 nitrogen and oxygen atoms in total. The minimum Gasteiger partial charge on any atom is -0.271 e. The van der Waals surface area contributed by atoms with Crippen LogP contribution in [0.5, 0.6) is 0 Å². The maximum atomic E-state index is 5.63. The van der Waals surface area contributed by atoms with Crippen LogP contribution in [-0.4, -0.2) is 9.59 Å². The van der Waals surface area contributed by atoms with Crippen molar-refractivity contribution in [2.24, 2.45) is 11.8 Å². The lowest BCUT2D eigenvalue weighted by Gasteiger charge is -2.23. The fourth-order valence-electron chi connectivity index (χ4n) is 2.41. The molecule has 0 radical (unpaired) electrons. The molecule has 0 aromatic carbocycles. The van der Waals surface area contributed by atoms with Crippen molar-refractivity contribution in [1.29, 1.82) is 0 Å². The number of hydrazine groups is 1. The summed E-state index contributed by atoms with van der Waals surface area (Å²) in [6.07, 6.45) is 7.88. The van der Waals surface area contributed by atoms with Gasteiger partial charge in [-0.3, -0.25) is 11.3 Å². The molecule has 0 spiro atoms. The molecule has 1 fully saturated rings. The van der Waals surface area contributed by atoms with Gasteiger partial charge in [-0.1, -0.05) is 30.2 Å². The molecule has 1 aromatic heterocycles. The normalized spacial score (nSPS) is 21.1. The number of nitrogens with one attached hydrogen (secondary N) is 1. The molecule has 1 aliphatic rings. The van der Waals surface area contributed by atoms with Crippen LogP contribution in [0.15, 0.2) is 5.38 Å². The zero-order valence-electron chi connectivity index (χ0n) is 8.85. The van der Waals surface area contributed by atoms with E-state index in [1.165, 1.54) is 50.1 Å². The Morgan fingerprint density at radius 1 is 1.33 bits per heavy atom. The first-order chi connectivity index (χ1) is 7.42. The van der Waals surface area contributed by atoms with Crippen LogP contribution < -0.4 is 11.3 Å². The zero-order chi connectivity index (χ0) is 10.5. The summed E-state index contributed by atoms with van der Waals surface area (Å²) in [4.78, 5) is 0. The lowest BCUT2D eigenvalue weighted by molar-refractivity contribution is 0.323. The van der Waals surface area contributed by atoms with E-state index in [-0.39, 0.29) is 6.04 Å². The first-order valence-corrected chi connectivity index (χ1v) is 6.48. The summed E-state index contributed by atoms with van der Waals surface area (Å²) in [5.74, 6) is 6.26. The lowest BCUT2D eigenvalue weighted by Crippen LogP contribution is -2.33. The van der Waals surface area contributed by atoms with Gasteiger partial charge in [0.1, 0.15) is 0 Å². The van der Waals surface area contributed by atoms with Crippen LogP contribution in [0.25, 0.3) is 0 Å². The summed E-state index contributed by atoms with van der Waals surface area (Å²) < 4.78 is 3.91. The SMILES string of the molecule is NNC(c1csnn1)C1CCCCCC1. The number of hydrogen-bond acceptors (Lipinski definition) is 5. The monoisotopic (exact) mass is 226 g/mol. The van der Waals surface area contributed by atoms with Crippen LogP contribution in [0.1, 0.15) is 50.3 Å². The predicted molar refractivity (Wildman–Crippen MR) is 61.2 cm³/mol. The molecule has 0 saturated heterocycles. The topological polar surface area (TPSA) is 63.8 Å². The summed E-state index contributed by atoms with van der Waals surface area (Å²) in [6.45, 7) is 0. The quantitative estimate of drug-likeness (QED) is 0.470. The first kappa shape index (κ1) is 11.0. The molecule has 5 heteroatoms. The van der Waals surface area contributed by atoms with Gasteiger partial charge >= 0.3 is 0 Å². The van der Waals surface area contributed by atoms with Crippen LogP contribution in [0.3, 0.4) is 0 Å². The van der Waals surface area contributed by atoms with Crippen LogP contribution in [0.2, 0.25) is 0 Å². The van der Waals surface area contributed by atoms with Gasteiger partial charge in [0.05, 0.1) is 11.7 Å². The highest BCUT2D eigenvalue weighted by atomic mass is 32.1. The van der Waals surface area contributed by atoms with Crippen molar-refractivity contribution < 1.29 is 0 Å². The predicted octanol–water partition coefficient (Wildman–Crippen LogP) is 2.01. The molecule has 0 amide bonds. The summed E-state index contributed by atoms with van der Waals surface area (Å²) in [6, 6.07) is 0.196. The minimum absolute atomic E-state index is 0.196. The molecule has 1 atom stereocenters. The number of nitrogens with zero attached hydrogens (tertiary/aromatic N) is 2. The fourth-order valence-corrected chi connectivity index (χ4v) is 2.90. The van der Waals surface area contributed by atoms with E-state index in [9.17, 15) is 0 Å². The van der Waals surface area contributed by atoms with Crippen LogP contribution in [-0.2, 0) is 0 Å². The van der Waals surface area contributed by atoms with Gasteiger partial charge < -0.3 is 0 Å². The van der Waals surface area contributed by atoms with E-state index < -0.39 is 0 Å². The van der Waals surface area contributed by atoms with E-state index in [4.69, 9.17) is 5.84 Å². The molecule has 2 rings (SSSR count). The maximum absolute atomic E-state index is 5.63. The smallest absolute Gasteiger partial charge is 0.0941 e. The average molecular weight is 226 g/mol. The Morgan fingerprint density at radius 2 is 2.07 bits per heavy atom. The average Bonchev–Trinajstić information content (AvgIpc) is 2.63. The summed E-state index contributed by atoms with van der Waals surface area (Å²) in [5.41, 5.74) is 3.91. The Hall–Kier alpha value is -0.520. The van der Waals surface area contributed by atoms with Gasteiger partial charge in [-0.2, -0.15) is 0 Å². The molecule has 0 aliphatic heterocycles. The molecule has 1 saturated carbocycles. The van der Waals surface area contributed by atoms with Gasteiger partial charge in [0, 0.05) is 5.38 Å². The van der Waals surface area contributed by atoms with E-state index in [1.807, 2.05) is 5.38 Å². The Labute approximate surface area is 94.4 Å². The number of aromatic nitrogens is 2. The van der Waals surface area contributed by atoms with E-state index in [0.717, 1.165) is 5.69 Å². The maximum Gasteiger partial charge on any atom is 0.0941 e. The van der Waals surface area contributed by atoms with Crippen molar-refractivity contribution >= 4 is 11.5 Å². The van der Waals surface area contributed by atoms with Crippen molar-refractivity contribution in [3.8, 4) is 0 Å². The molecular formula is C10H18N4S. The molecule has 1 aliphatic carbocycles. The minimum atomic E-state index is 0.196. The second-order valence-corrected chi connectivity index (χ2v) is 4.84. The Bertz CT molecular complexity index is 267. The van der Waals surface area contributed by atoms with Crippen molar-refractivity contribution in [3.05, 3.63) is 11.1 Å². The van der Waals surface area contributed by atoms with Gasteiger partial charge in [-0.15, -0.1) is 5.10 Å². The Balaban J connectivity index is 2.04. The van der Waals surface area contributed by atoms with Crippen molar-refractivity contribution in [2.75, 3.05) is 0 Å². The van der Waals surface area contributed by atoms with Gasteiger partial charge in [0.15, 0.2) is 0 Å². The van der Waals surface area contributed by atoms with E-state index in [2.05, 4.69) is 15.0 Å². The number of hydrogen-bond donors (Lipinski definition) is 2.